The van der Waals surface area contributed by atoms with E-state index in [0.717, 1.165) is 12.1 Å². The molecule has 1 aromatic carbocycles. The van der Waals surface area contributed by atoms with Gasteiger partial charge in [0.25, 0.3) is 0 Å². The number of aliphatic hydroxyl groups excluding tert-OH is 1. The maximum Gasteiger partial charge on any atom is 0.137 e. The average molecular weight is 324 g/mol. The number of aromatic nitrogens is 3. The Bertz CT molecular complexity index is 638. The van der Waals surface area contributed by atoms with Crippen molar-refractivity contribution in [3.8, 4) is 0 Å². The number of aliphatic hydroxyl groups is 1. The van der Waals surface area contributed by atoms with Crippen molar-refractivity contribution in [2.75, 3.05) is 26.2 Å². The summed E-state index contributed by atoms with van der Waals surface area (Å²) in [5, 5.41) is 14.3. The zero-order valence-corrected chi connectivity index (χ0v) is 12.5. The highest BCUT2D eigenvalue weighted by Gasteiger charge is 2.24. The number of morpholine rings is 1. The van der Waals surface area contributed by atoms with Crippen LogP contribution >= 0.6 is 0 Å². The van der Waals surface area contributed by atoms with E-state index in [9.17, 15) is 13.9 Å². The third-order valence-electron chi connectivity index (χ3n) is 3.83. The fourth-order valence-corrected chi connectivity index (χ4v) is 2.71. The number of hydrogen-bond acceptors (Lipinski definition) is 5. The molecule has 0 saturated carbocycles. The molecule has 3 rings (SSSR count). The minimum absolute atomic E-state index is 0.0734. The third-order valence-corrected chi connectivity index (χ3v) is 3.83. The van der Waals surface area contributed by atoms with Crippen LogP contribution in [-0.2, 0) is 11.3 Å². The lowest BCUT2D eigenvalue weighted by atomic mass is 10.1. The normalized spacial score (nSPS) is 20.6. The predicted octanol–water partition coefficient (Wildman–Crippen LogP) is 0.991. The second kappa shape index (κ2) is 7.12. The zero-order valence-electron chi connectivity index (χ0n) is 12.5. The predicted molar refractivity (Wildman–Crippen MR) is 77.5 cm³/mol. The highest BCUT2D eigenvalue weighted by atomic mass is 19.1. The van der Waals surface area contributed by atoms with Crippen LogP contribution in [0.15, 0.2) is 30.9 Å². The third kappa shape index (κ3) is 4.10. The monoisotopic (exact) mass is 324 g/mol. The van der Waals surface area contributed by atoms with Gasteiger partial charge >= 0.3 is 0 Å². The quantitative estimate of drug-likeness (QED) is 0.889. The van der Waals surface area contributed by atoms with Gasteiger partial charge in [-0.05, 0) is 6.07 Å². The summed E-state index contributed by atoms with van der Waals surface area (Å²) in [6, 6.07) is 3.21. The Balaban J connectivity index is 1.58. The first-order valence-corrected chi connectivity index (χ1v) is 7.41. The van der Waals surface area contributed by atoms with Gasteiger partial charge in [0.05, 0.1) is 25.4 Å². The molecule has 0 radical (unpaired) electrons. The zero-order chi connectivity index (χ0) is 16.2. The Kier molecular flexibility index (Phi) is 4.94. The van der Waals surface area contributed by atoms with E-state index in [1.165, 1.54) is 12.4 Å². The first-order chi connectivity index (χ1) is 11.1. The van der Waals surface area contributed by atoms with E-state index in [4.69, 9.17) is 4.74 Å². The van der Waals surface area contributed by atoms with E-state index >= 15 is 0 Å². The molecular weight excluding hydrogens is 306 g/mol. The van der Waals surface area contributed by atoms with Crippen LogP contribution in [0.3, 0.4) is 0 Å². The number of nitrogens with zero attached hydrogens (tertiary/aromatic N) is 4. The summed E-state index contributed by atoms with van der Waals surface area (Å²) in [6.07, 6.45) is 1.99. The molecule has 23 heavy (non-hydrogen) atoms. The van der Waals surface area contributed by atoms with Crippen LogP contribution in [0.25, 0.3) is 0 Å². The van der Waals surface area contributed by atoms with Crippen molar-refractivity contribution in [3.05, 3.63) is 48.1 Å². The molecule has 124 valence electrons. The van der Waals surface area contributed by atoms with Crippen LogP contribution in [0.2, 0.25) is 0 Å². The van der Waals surface area contributed by atoms with Gasteiger partial charge in [0.15, 0.2) is 0 Å². The molecule has 1 aliphatic heterocycles. The highest BCUT2D eigenvalue weighted by Crippen LogP contribution is 2.20. The summed E-state index contributed by atoms with van der Waals surface area (Å²) < 4.78 is 34.0. The second-order valence-corrected chi connectivity index (χ2v) is 5.55. The maximum atomic E-state index is 13.7. The summed E-state index contributed by atoms with van der Waals surface area (Å²) in [5.74, 6) is -1.39. The van der Waals surface area contributed by atoms with Crippen molar-refractivity contribution >= 4 is 0 Å². The largest absolute Gasteiger partial charge is 0.387 e. The minimum atomic E-state index is -1.01. The van der Waals surface area contributed by atoms with Gasteiger partial charge in [0.1, 0.15) is 24.3 Å². The van der Waals surface area contributed by atoms with E-state index in [1.54, 1.807) is 11.0 Å². The van der Waals surface area contributed by atoms with Crippen LogP contribution in [0.5, 0.6) is 0 Å². The van der Waals surface area contributed by atoms with Crippen molar-refractivity contribution in [2.24, 2.45) is 0 Å². The number of β-amino-alcohol motifs (C(OH)–C–C–N with tert-alkyl or cyclic N) is 1. The second-order valence-electron chi connectivity index (χ2n) is 5.55. The van der Waals surface area contributed by atoms with Crippen LogP contribution in [-0.4, -0.2) is 57.1 Å². The van der Waals surface area contributed by atoms with Gasteiger partial charge in [-0.3, -0.25) is 9.58 Å². The number of hydrogen-bond donors (Lipinski definition) is 1. The maximum absolute atomic E-state index is 13.7. The lowest BCUT2D eigenvalue weighted by molar-refractivity contribution is -0.0489. The molecule has 8 heteroatoms. The van der Waals surface area contributed by atoms with Gasteiger partial charge in [-0.25, -0.2) is 13.8 Å². The van der Waals surface area contributed by atoms with E-state index in [0.29, 0.717) is 26.2 Å². The molecule has 0 bridgehead atoms. The molecule has 2 heterocycles. The first kappa shape index (κ1) is 16.0. The molecule has 0 aliphatic carbocycles. The topological polar surface area (TPSA) is 63.4 Å². The minimum Gasteiger partial charge on any atom is -0.387 e. The summed E-state index contributed by atoms with van der Waals surface area (Å²) in [7, 11) is 0. The summed E-state index contributed by atoms with van der Waals surface area (Å²) >= 11 is 0. The SMILES string of the molecule is OC(CN1CCOC(Cn2cncn2)C1)c1ccc(F)cc1F. The first-order valence-electron chi connectivity index (χ1n) is 7.41. The van der Waals surface area contributed by atoms with E-state index in [-0.39, 0.29) is 18.2 Å². The number of rotatable bonds is 5. The molecule has 1 aliphatic rings. The Hall–Kier alpha value is -1.90. The Morgan fingerprint density at radius 2 is 2.26 bits per heavy atom. The number of ether oxygens (including phenoxy) is 1. The molecule has 1 fully saturated rings. The Morgan fingerprint density at radius 3 is 3.00 bits per heavy atom. The average Bonchev–Trinajstić information content (AvgIpc) is 3.00. The van der Waals surface area contributed by atoms with Gasteiger partial charge in [0.2, 0.25) is 0 Å². The summed E-state index contributed by atoms with van der Waals surface area (Å²) in [4.78, 5) is 5.88. The van der Waals surface area contributed by atoms with Crippen molar-refractivity contribution in [1.82, 2.24) is 19.7 Å². The summed E-state index contributed by atoms with van der Waals surface area (Å²) in [5.41, 5.74) is 0.103. The van der Waals surface area contributed by atoms with Gasteiger partial charge in [-0.2, -0.15) is 5.10 Å². The van der Waals surface area contributed by atoms with Crippen LogP contribution in [0.1, 0.15) is 11.7 Å². The smallest absolute Gasteiger partial charge is 0.137 e. The number of benzene rings is 1. The molecule has 2 aromatic rings. The van der Waals surface area contributed by atoms with Crippen LogP contribution in [0.4, 0.5) is 8.78 Å². The van der Waals surface area contributed by atoms with E-state index in [1.807, 2.05) is 4.90 Å². The molecule has 1 saturated heterocycles. The van der Waals surface area contributed by atoms with E-state index < -0.39 is 17.7 Å². The molecule has 0 amide bonds. The lowest BCUT2D eigenvalue weighted by Gasteiger charge is -2.34. The van der Waals surface area contributed by atoms with Gasteiger partial charge in [-0.1, -0.05) is 6.07 Å². The Morgan fingerprint density at radius 1 is 1.39 bits per heavy atom. The Labute approximate surface area is 132 Å². The van der Waals surface area contributed by atoms with Crippen molar-refractivity contribution in [3.63, 3.8) is 0 Å². The van der Waals surface area contributed by atoms with Gasteiger partial charge in [0, 0.05) is 31.3 Å². The lowest BCUT2D eigenvalue weighted by Crippen LogP contribution is -2.45. The van der Waals surface area contributed by atoms with Crippen molar-refractivity contribution in [1.29, 1.82) is 0 Å². The highest BCUT2D eigenvalue weighted by molar-refractivity contribution is 5.21. The molecule has 2 unspecified atom stereocenters. The van der Waals surface area contributed by atoms with Crippen LogP contribution < -0.4 is 0 Å². The fourth-order valence-electron chi connectivity index (χ4n) is 2.71. The molecule has 0 spiro atoms. The molecule has 1 N–H and O–H groups in total. The molecule has 1 aromatic heterocycles. The number of halogens is 2. The molecular formula is C15H18F2N4O2. The molecule has 6 nitrogen and oxygen atoms in total. The van der Waals surface area contributed by atoms with Crippen molar-refractivity contribution < 1.29 is 18.6 Å². The summed E-state index contributed by atoms with van der Waals surface area (Å²) in [6.45, 7) is 2.60. The van der Waals surface area contributed by atoms with Crippen LogP contribution in [0, 0.1) is 11.6 Å². The van der Waals surface area contributed by atoms with E-state index in [2.05, 4.69) is 10.1 Å². The van der Waals surface area contributed by atoms with Gasteiger partial charge in [-0.15, -0.1) is 0 Å². The standard InChI is InChI=1S/C15H18F2N4O2/c16-11-1-2-13(14(17)5-11)15(22)8-20-3-4-23-12(6-20)7-21-10-18-9-19-21/h1-2,5,9-10,12,15,22H,3-4,6-8H2. The van der Waals surface area contributed by atoms with Gasteiger partial charge < -0.3 is 9.84 Å². The fraction of sp³-hybridized carbons (Fsp3) is 0.467. The molecule has 2 atom stereocenters. The van der Waals surface area contributed by atoms with Crippen molar-refractivity contribution in [2.45, 2.75) is 18.8 Å².